The smallest absolute Gasteiger partial charge is 0.257 e. The van der Waals surface area contributed by atoms with Crippen LogP contribution in [0.15, 0.2) is 41.0 Å². The maximum atomic E-state index is 12.8. The molecule has 2 amide bonds. The zero-order valence-electron chi connectivity index (χ0n) is 14.3. The first kappa shape index (κ1) is 15.9. The van der Waals surface area contributed by atoms with Crippen molar-refractivity contribution < 1.29 is 14.0 Å². The molecule has 1 N–H and O–H groups in total. The molecule has 0 unspecified atom stereocenters. The first-order valence-electron chi connectivity index (χ1n) is 8.86. The molecule has 25 heavy (non-hydrogen) atoms. The number of carbonyl (C=O) groups excluding carboxylic acids is 2. The van der Waals surface area contributed by atoms with Crippen molar-refractivity contribution in [2.24, 2.45) is 0 Å². The van der Waals surface area contributed by atoms with Gasteiger partial charge in [-0.1, -0.05) is 12.1 Å². The first-order valence-corrected chi connectivity index (χ1v) is 8.86. The minimum absolute atomic E-state index is 0.0156. The van der Waals surface area contributed by atoms with E-state index in [1.165, 1.54) is 0 Å². The highest BCUT2D eigenvalue weighted by Crippen LogP contribution is 2.30. The molecule has 0 saturated heterocycles. The maximum Gasteiger partial charge on any atom is 0.257 e. The van der Waals surface area contributed by atoms with Gasteiger partial charge < -0.3 is 14.6 Å². The minimum atomic E-state index is -0.0156. The largest absolute Gasteiger partial charge is 0.469 e. The van der Waals surface area contributed by atoms with Crippen molar-refractivity contribution in [2.75, 3.05) is 0 Å². The summed E-state index contributed by atoms with van der Waals surface area (Å²) in [7, 11) is 0. The summed E-state index contributed by atoms with van der Waals surface area (Å²) in [5, 5.41) is 2.99. The van der Waals surface area contributed by atoms with Crippen molar-refractivity contribution >= 4 is 11.8 Å². The Balaban J connectivity index is 1.46. The fourth-order valence-corrected chi connectivity index (χ4v) is 2.97. The number of furan rings is 1. The molecule has 0 spiro atoms. The van der Waals surface area contributed by atoms with Gasteiger partial charge in [0.25, 0.3) is 11.8 Å². The third-order valence-corrected chi connectivity index (χ3v) is 4.82. The lowest BCUT2D eigenvalue weighted by Gasteiger charge is -2.22. The van der Waals surface area contributed by atoms with Crippen LogP contribution in [0.1, 0.15) is 57.7 Å². The third kappa shape index (κ3) is 3.60. The van der Waals surface area contributed by atoms with Gasteiger partial charge in [0.1, 0.15) is 5.76 Å². The van der Waals surface area contributed by atoms with Crippen molar-refractivity contribution in [3.05, 3.63) is 59.0 Å². The molecule has 4 rings (SSSR count). The number of hydrogen-bond acceptors (Lipinski definition) is 3. The molecule has 2 fully saturated rings. The number of aryl methyl sites for hydroxylation is 1. The van der Waals surface area contributed by atoms with E-state index in [-0.39, 0.29) is 11.8 Å². The standard InChI is InChI=1S/C20H22N2O3/c1-13-18(10-11-25-13)20(24)22(17-8-9-17)12-14-2-4-15(5-3-14)19(23)21-16-6-7-16/h2-5,10-11,16-17H,6-9,12H2,1H3,(H,21,23). The highest BCUT2D eigenvalue weighted by molar-refractivity contribution is 5.96. The van der Waals surface area contributed by atoms with Gasteiger partial charge in [0.15, 0.2) is 0 Å². The van der Waals surface area contributed by atoms with Crippen LogP contribution in [-0.4, -0.2) is 28.8 Å². The molecule has 0 atom stereocenters. The zero-order chi connectivity index (χ0) is 17.4. The van der Waals surface area contributed by atoms with E-state index in [9.17, 15) is 9.59 Å². The van der Waals surface area contributed by atoms with Crippen LogP contribution in [0.25, 0.3) is 0 Å². The van der Waals surface area contributed by atoms with Crippen LogP contribution in [0.5, 0.6) is 0 Å². The summed E-state index contributed by atoms with van der Waals surface area (Å²) in [6, 6.07) is 9.95. The second kappa shape index (κ2) is 6.39. The summed E-state index contributed by atoms with van der Waals surface area (Å²) >= 11 is 0. The Kier molecular flexibility index (Phi) is 4.07. The Morgan fingerprint density at radius 3 is 2.40 bits per heavy atom. The molecule has 0 bridgehead atoms. The molecule has 2 saturated carbocycles. The Bertz CT molecular complexity index is 786. The molecule has 2 aliphatic rings. The van der Waals surface area contributed by atoms with Gasteiger partial charge >= 0.3 is 0 Å². The first-order chi connectivity index (χ1) is 12.1. The molecule has 2 aliphatic carbocycles. The summed E-state index contributed by atoms with van der Waals surface area (Å²) < 4.78 is 5.27. The van der Waals surface area contributed by atoms with E-state index >= 15 is 0 Å². The van der Waals surface area contributed by atoms with Gasteiger partial charge in [0.05, 0.1) is 11.8 Å². The molecule has 1 aromatic carbocycles. The van der Waals surface area contributed by atoms with Crippen LogP contribution in [0.2, 0.25) is 0 Å². The molecule has 5 nitrogen and oxygen atoms in total. The summed E-state index contributed by atoms with van der Waals surface area (Å²) in [6.45, 7) is 2.37. The lowest BCUT2D eigenvalue weighted by molar-refractivity contribution is 0.0727. The van der Waals surface area contributed by atoms with Crippen LogP contribution >= 0.6 is 0 Å². The summed E-state index contributed by atoms with van der Waals surface area (Å²) in [6.07, 6.45) is 5.81. The molecular weight excluding hydrogens is 316 g/mol. The van der Waals surface area contributed by atoms with Gasteiger partial charge in [0, 0.05) is 24.2 Å². The van der Waals surface area contributed by atoms with E-state index in [4.69, 9.17) is 4.42 Å². The van der Waals surface area contributed by atoms with E-state index in [0.29, 0.717) is 35.5 Å². The van der Waals surface area contributed by atoms with Crippen molar-refractivity contribution in [3.63, 3.8) is 0 Å². The number of carbonyl (C=O) groups is 2. The predicted octanol–water partition coefficient (Wildman–Crippen LogP) is 3.29. The van der Waals surface area contributed by atoms with Crippen LogP contribution in [0.3, 0.4) is 0 Å². The van der Waals surface area contributed by atoms with Crippen LogP contribution in [0.4, 0.5) is 0 Å². The highest BCUT2D eigenvalue weighted by Gasteiger charge is 2.34. The van der Waals surface area contributed by atoms with Gasteiger partial charge in [-0.15, -0.1) is 0 Å². The number of amides is 2. The summed E-state index contributed by atoms with van der Waals surface area (Å²) in [4.78, 5) is 26.8. The van der Waals surface area contributed by atoms with Crippen molar-refractivity contribution in [1.29, 1.82) is 0 Å². The molecule has 0 radical (unpaired) electrons. The third-order valence-electron chi connectivity index (χ3n) is 4.82. The average molecular weight is 338 g/mol. The van der Waals surface area contributed by atoms with Crippen LogP contribution < -0.4 is 5.32 Å². The van der Waals surface area contributed by atoms with Crippen molar-refractivity contribution in [1.82, 2.24) is 10.2 Å². The number of rotatable bonds is 6. The summed E-state index contributed by atoms with van der Waals surface area (Å²) in [5.74, 6) is 0.658. The number of benzene rings is 1. The number of nitrogens with zero attached hydrogens (tertiary/aromatic N) is 1. The molecule has 130 valence electrons. The van der Waals surface area contributed by atoms with E-state index in [0.717, 1.165) is 31.2 Å². The van der Waals surface area contributed by atoms with Gasteiger partial charge in [-0.25, -0.2) is 0 Å². The van der Waals surface area contributed by atoms with Crippen LogP contribution in [-0.2, 0) is 6.54 Å². The SMILES string of the molecule is Cc1occc1C(=O)N(Cc1ccc(C(=O)NC2CC2)cc1)C1CC1. The molecule has 2 aromatic rings. The minimum Gasteiger partial charge on any atom is -0.469 e. The predicted molar refractivity (Wildman–Crippen MR) is 93.3 cm³/mol. The van der Waals surface area contributed by atoms with Gasteiger partial charge in [-0.3, -0.25) is 9.59 Å². The fraction of sp³-hybridized carbons (Fsp3) is 0.400. The molecule has 5 heteroatoms. The summed E-state index contributed by atoms with van der Waals surface area (Å²) in [5.41, 5.74) is 2.34. The van der Waals surface area contributed by atoms with Gasteiger partial charge in [0.2, 0.25) is 0 Å². The van der Waals surface area contributed by atoms with Crippen molar-refractivity contribution in [3.8, 4) is 0 Å². The molecule has 1 aromatic heterocycles. The quantitative estimate of drug-likeness (QED) is 0.879. The number of hydrogen-bond donors (Lipinski definition) is 1. The lowest BCUT2D eigenvalue weighted by Crippen LogP contribution is -2.32. The second-order valence-electron chi connectivity index (χ2n) is 7.00. The molecule has 1 heterocycles. The highest BCUT2D eigenvalue weighted by atomic mass is 16.3. The molecular formula is C20H22N2O3. The zero-order valence-corrected chi connectivity index (χ0v) is 14.3. The maximum absolute atomic E-state index is 12.8. The Morgan fingerprint density at radius 1 is 1.12 bits per heavy atom. The Morgan fingerprint density at radius 2 is 1.84 bits per heavy atom. The molecule has 0 aliphatic heterocycles. The fourth-order valence-electron chi connectivity index (χ4n) is 2.97. The van der Waals surface area contributed by atoms with E-state index in [1.54, 1.807) is 12.3 Å². The van der Waals surface area contributed by atoms with E-state index in [1.807, 2.05) is 36.1 Å². The van der Waals surface area contributed by atoms with E-state index in [2.05, 4.69) is 5.32 Å². The monoisotopic (exact) mass is 338 g/mol. The van der Waals surface area contributed by atoms with Gasteiger partial charge in [-0.2, -0.15) is 0 Å². The average Bonchev–Trinajstić information content (AvgIpc) is 3.53. The Labute approximate surface area is 147 Å². The normalized spacial score (nSPS) is 16.5. The van der Waals surface area contributed by atoms with Crippen LogP contribution in [0, 0.1) is 6.92 Å². The van der Waals surface area contributed by atoms with E-state index < -0.39 is 0 Å². The second-order valence-corrected chi connectivity index (χ2v) is 7.00. The topological polar surface area (TPSA) is 62.6 Å². The lowest BCUT2D eigenvalue weighted by atomic mass is 10.1. The Hall–Kier alpha value is -2.56. The van der Waals surface area contributed by atoms with Crippen molar-refractivity contribution in [2.45, 2.75) is 51.2 Å². The number of nitrogens with one attached hydrogen (secondary N) is 1. The van der Waals surface area contributed by atoms with Gasteiger partial charge in [-0.05, 0) is 56.4 Å².